The summed E-state index contributed by atoms with van der Waals surface area (Å²) in [5.41, 5.74) is 4.05. The molecule has 2 rings (SSSR count). The summed E-state index contributed by atoms with van der Waals surface area (Å²) < 4.78 is 6.49. The van der Waals surface area contributed by atoms with Crippen LogP contribution in [0.4, 0.5) is 5.69 Å². The maximum absolute atomic E-state index is 5.28. The fourth-order valence-corrected chi connectivity index (χ4v) is 2.25. The van der Waals surface area contributed by atoms with Crippen molar-refractivity contribution in [3.05, 3.63) is 23.7 Å². The van der Waals surface area contributed by atoms with Gasteiger partial charge in [-0.25, -0.2) is 4.98 Å². The van der Waals surface area contributed by atoms with E-state index in [1.54, 1.807) is 18.4 Å². The average Bonchev–Trinajstić information content (AvgIpc) is 2.75. The lowest BCUT2D eigenvalue weighted by Crippen LogP contribution is -2.29. The maximum atomic E-state index is 5.28. The van der Waals surface area contributed by atoms with Crippen molar-refractivity contribution < 1.29 is 4.74 Å². The molecule has 1 aromatic heterocycles. The lowest BCUT2D eigenvalue weighted by molar-refractivity contribution is 0.106. The van der Waals surface area contributed by atoms with Gasteiger partial charge in [0.1, 0.15) is 0 Å². The molecule has 0 amide bonds. The molecule has 0 saturated heterocycles. The number of benzene rings is 1. The number of nitrogens with zero attached hydrogens (tertiary/aromatic N) is 1. The van der Waals surface area contributed by atoms with Crippen molar-refractivity contribution in [1.29, 1.82) is 0 Å². The summed E-state index contributed by atoms with van der Waals surface area (Å²) in [5, 5.41) is 3.43. The predicted molar refractivity (Wildman–Crippen MR) is 69.2 cm³/mol. The van der Waals surface area contributed by atoms with Crippen LogP contribution in [0.2, 0.25) is 0 Å². The molecule has 0 bridgehead atoms. The summed E-state index contributed by atoms with van der Waals surface area (Å²) in [6.07, 6.45) is 0.192. The zero-order valence-electron chi connectivity index (χ0n) is 9.73. The summed E-state index contributed by atoms with van der Waals surface area (Å²) in [5.74, 6) is 0. The summed E-state index contributed by atoms with van der Waals surface area (Å²) in [6.45, 7) is 4.17. The van der Waals surface area contributed by atoms with Crippen molar-refractivity contribution in [2.24, 2.45) is 0 Å². The van der Waals surface area contributed by atoms with E-state index in [1.165, 1.54) is 4.70 Å². The van der Waals surface area contributed by atoms with Crippen molar-refractivity contribution >= 4 is 27.2 Å². The second-order valence-corrected chi connectivity index (χ2v) is 4.80. The van der Waals surface area contributed by atoms with Crippen LogP contribution in [0.15, 0.2) is 23.7 Å². The first-order chi connectivity index (χ1) is 7.70. The lowest BCUT2D eigenvalue weighted by atomic mass is 10.2. The van der Waals surface area contributed by atoms with E-state index in [0.29, 0.717) is 0 Å². The number of rotatable bonds is 4. The van der Waals surface area contributed by atoms with Gasteiger partial charge in [0.2, 0.25) is 0 Å². The van der Waals surface area contributed by atoms with E-state index in [0.717, 1.165) is 11.2 Å². The molecular weight excluding hydrogens is 220 g/mol. The third kappa shape index (κ3) is 2.33. The first-order valence-corrected chi connectivity index (χ1v) is 6.21. The molecule has 2 aromatic rings. The topological polar surface area (TPSA) is 34.1 Å². The molecule has 1 heterocycles. The molecule has 0 aliphatic rings. The SMILES string of the molecule is COC(C)C(C)Nc1ccc2ncsc2c1. The second-order valence-electron chi connectivity index (χ2n) is 3.91. The van der Waals surface area contributed by atoms with Crippen LogP contribution in [0.3, 0.4) is 0 Å². The zero-order valence-corrected chi connectivity index (χ0v) is 10.5. The maximum Gasteiger partial charge on any atom is 0.0813 e. The molecule has 0 spiro atoms. The lowest BCUT2D eigenvalue weighted by Gasteiger charge is -2.20. The number of anilines is 1. The van der Waals surface area contributed by atoms with Gasteiger partial charge in [-0.3, -0.25) is 0 Å². The Morgan fingerprint density at radius 3 is 2.94 bits per heavy atom. The van der Waals surface area contributed by atoms with E-state index in [4.69, 9.17) is 4.74 Å². The quantitative estimate of drug-likeness (QED) is 0.885. The number of hydrogen-bond donors (Lipinski definition) is 1. The van der Waals surface area contributed by atoms with Crippen LogP contribution in [-0.2, 0) is 4.74 Å². The molecule has 4 heteroatoms. The van der Waals surface area contributed by atoms with Crippen molar-refractivity contribution in [2.75, 3.05) is 12.4 Å². The summed E-state index contributed by atoms with van der Waals surface area (Å²) in [7, 11) is 1.73. The normalized spacial score (nSPS) is 14.9. The molecule has 0 fully saturated rings. The van der Waals surface area contributed by atoms with Crippen LogP contribution >= 0.6 is 11.3 Å². The molecule has 1 aromatic carbocycles. The van der Waals surface area contributed by atoms with E-state index in [9.17, 15) is 0 Å². The molecule has 2 atom stereocenters. The van der Waals surface area contributed by atoms with Crippen molar-refractivity contribution in [3.63, 3.8) is 0 Å². The van der Waals surface area contributed by atoms with Crippen molar-refractivity contribution in [1.82, 2.24) is 4.98 Å². The Bertz CT molecular complexity index is 469. The van der Waals surface area contributed by atoms with Crippen LogP contribution in [0.25, 0.3) is 10.2 Å². The Balaban J connectivity index is 2.14. The van der Waals surface area contributed by atoms with Crippen molar-refractivity contribution in [3.8, 4) is 0 Å². The molecule has 0 aliphatic heterocycles. The van der Waals surface area contributed by atoms with Crippen LogP contribution in [0.1, 0.15) is 13.8 Å². The van der Waals surface area contributed by atoms with Crippen LogP contribution in [0, 0.1) is 0 Å². The van der Waals surface area contributed by atoms with Crippen LogP contribution < -0.4 is 5.32 Å². The number of thiazole rings is 1. The second kappa shape index (κ2) is 4.80. The third-order valence-electron chi connectivity index (χ3n) is 2.80. The van der Waals surface area contributed by atoms with Gasteiger partial charge in [-0.2, -0.15) is 0 Å². The summed E-state index contributed by atoms with van der Waals surface area (Å²) in [6, 6.07) is 6.51. The molecule has 0 saturated carbocycles. The molecule has 86 valence electrons. The molecule has 0 aliphatic carbocycles. The van der Waals surface area contributed by atoms with E-state index in [2.05, 4.69) is 36.3 Å². The van der Waals surface area contributed by atoms with E-state index in [-0.39, 0.29) is 12.1 Å². The van der Waals surface area contributed by atoms with Gasteiger partial charge in [-0.15, -0.1) is 11.3 Å². The monoisotopic (exact) mass is 236 g/mol. The van der Waals surface area contributed by atoms with Gasteiger partial charge in [0.05, 0.1) is 21.8 Å². The Labute approximate surface area is 99.5 Å². The van der Waals surface area contributed by atoms with E-state index >= 15 is 0 Å². The zero-order chi connectivity index (χ0) is 11.5. The average molecular weight is 236 g/mol. The molecule has 0 radical (unpaired) electrons. The minimum atomic E-state index is 0.192. The van der Waals surface area contributed by atoms with Gasteiger partial charge in [-0.1, -0.05) is 0 Å². The number of hydrogen-bond acceptors (Lipinski definition) is 4. The minimum absolute atomic E-state index is 0.192. The Morgan fingerprint density at radius 2 is 2.19 bits per heavy atom. The predicted octanol–water partition coefficient (Wildman–Crippen LogP) is 3.13. The van der Waals surface area contributed by atoms with E-state index in [1.807, 2.05) is 11.6 Å². The number of aromatic nitrogens is 1. The Hall–Kier alpha value is -1.13. The van der Waals surface area contributed by atoms with Crippen LogP contribution in [-0.4, -0.2) is 24.2 Å². The number of fused-ring (bicyclic) bond motifs is 1. The highest BCUT2D eigenvalue weighted by atomic mass is 32.1. The largest absolute Gasteiger partial charge is 0.380 e. The number of nitrogens with one attached hydrogen (secondary N) is 1. The van der Waals surface area contributed by atoms with Gasteiger partial charge in [0.15, 0.2) is 0 Å². The number of methoxy groups -OCH3 is 1. The Morgan fingerprint density at radius 1 is 1.38 bits per heavy atom. The summed E-state index contributed by atoms with van der Waals surface area (Å²) in [4.78, 5) is 4.26. The van der Waals surface area contributed by atoms with Gasteiger partial charge in [0, 0.05) is 18.8 Å². The first-order valence-electron chi connectivity index (χ1n) is 5.33. The standard InChI is InChI=1S/C12H16N2OS/c1-8(9(2)15-3)14-10-4-5-11-12(6-10)16-7-13-11/h4-9,14H,1-3H3. The van der Waals surface area contributed by atoms with Gasteiger partial charge >= 0.3 is 0 Å². The third-order valence-corrected chi connectivity index (χ3v) is 3.59. The van der Waals surface area contributed by atoms with Gasteiger partial charge in [0.25, 0.3) is 0 Å². The van der Waals surface area contributed by atoms with Crippen LogP contribution in [0.5, 0.6) is 0 Å². The fourth-order valence-electron chi connectivity index (χ4n) is 1.53. The molecular formula is C12H16N2OS. The smallest absolute Gasteiger partial charge is 0.0813 e. The highest BCUT2D eigenvalue weighted by Crippen LogP contribution is 2.22. The first kappa shape index (κ1) is 11.4. The summed E-state index contributed by atoms with van der Waals surface area (Å²) >= 11 is 1.66. The highest BCUT2D eigenvalue weighted by Gasteiger charge is 2.10. The van der Waals surface area contributed by atoms with Gasteiger partial charge in [-0.05, 0) is 32.0 Å². The molecule has 1 N–H and O–H groups in total. The number of ether oxygens (including phenoxy) is 1. The fraction of sp³-hybridized carbons (Fsp3) is 0.417. The minimum Gasteiger partial charge on any atom is -0.380 e. The molecule has 2 unspecified atom stereocenters. The Kier molecular flexibility index (Phi) is 3.41. The molecule has 16 heavy (non-hydrogen) atoms. The van der Waals surface area contributed by atoms with E-state index < -0.39 is 0 Å². The van der Waals surface area contributed by atoms with Crippen molar-refractivity contribution in [2.45, 2.75) is 26.0 Å². The molecule has 3 nitrogen and oxygen atoms in total. The highest BCUT2D eigenvalue weighted by molar-refractivity contribution is 7.16. The van der Waals surface area contributed by atoms with Gasteiger partial charge < -0.3 is 10.1 Å².